The number of sulfonamides is 1. The Morgan fingerprint density at radius 1 is 1.33 bits per heavy atom. The number of ether oxygens (including phenoxy) is 1. The lowest BCUT2D eigenvalue weighted by molar-refractivity contribution is 0.182. The Morgan fingerprint density at radius 2 is 2.05 bits per heavy atom. The van der Waals surface area contributed by atoms with Gasteiger partial charge >= 0.3 is 0 Å². The normalized spacial score (nSPS) is 11.6. The van der Waals surface area contributed by atoms with Crippen molar-refractivity contribution in [3.05, 3.63) is 40.5 Å². The first-order chi connectivity index (χ1) is 9.97. The first-order valence-electron chi connectivity index (χ1n) is 6.54. The molecule has 1 N–H and O–H groups in total. The second kappa shape index (κ2) is 6.55. The van der Waals surface area contributed by atoms with Gasteiger partial charge in [0.05, 0.1) is 22.2 Å². The third-order valence-corrected chi connectivity index (χ3v) is 5.73. The second-order valence-corrected chi connectivity index (χ2v) is 7.26. The van der Waals surface area contributed by atoms with Gasteiger partial charge in [-0.25, -0.2) is 13.4 Å². The average molecular weight is 326 g/mol. The highest BCUT2D eigenvalue weighted by atomic mass is 32.2. The van der Waals surface area contributed by atoms with Crippen molar-refractivity contribution in [1.82, 2.24) is 4.98 Å². The molecule has 0 aliphatic carbocycles. The first kappa shape index (κ1) is 15.9. The van der Waals surface area contributed by atoms with E-state index in [-0.39, 0.29) is 11.5 Å². The topological polar surface area (TPSA) is 68.3 Å². The van der Waals surface area contributed by atoms with Crippen molar-refractivity contribution in [3.8, 4) is 0 Å². The molecule has 1 aromatic carbocycles. The zero-order chi connectivity index (χ0) is 15.5. The molecule has 5 nitrogen and oxygen atoms in total. The van der Waals surface area contributed by atoms with Gasteiger partial charge < -0.3 is 4.74 Å². The summed E-state index contributed by atoms with van der Waals surface area (Å²) < 4.78 is 32.8. The quantitative estimate of drug-likeness (QED) is 0.886. The van der Waals surface area contributed by atoms with Crippen LogP contribution in [-0.2, 0) is 27.8 Å². The Labute approximate surface area is 129 Å². The maximum atomic E-state index is 12.6. The number of nitrogens with one attached hydrogen (secondary N) is 1. The van der Waals surface area contributed by atoms with Crippen LogP contribution in [0.4, 0.5) is 5.00 Å². The summed E-state index contributed by atoms with van der Waals surface area (Å²) in [6.45, 7) is 4.04. The standard InChI is InChI=1S/C14H18N2O3S2/c1-4-13-15-10(2)14(20-13)16-21(17,18)12-8-6-5-7-11(12)9-19-3/h5-8,16H,4,9H2,1-3H3. The molecule has 7 heteroatoms. The van der Waals surface area contributed by atoms with Crippen molar-refractivity contribution in [3.63, 3.8) is 0 Å². The van der Waals surface area contributed by atoms with Crippen LogP contribution in [0.1, 0.15) is 23.2 Å². The number of rotatable bonds is 6. The molecule has 1 heterocycles. The lowest BCUT2D eigenvalue weighted by Crippen LogP contribution is -2.15. The Morgan fingerprint density at radius 3 is 2.67 bits per heavy atom. The smallest absolute Gasteiger partial charge is 0.262 e. The van der Waals surface area contributed by atoms with Crippen LogP contribution in [0, 0.1) is 6.92 Å². The molecule has 0 saturated heterocycles. The molecule has 21 heavy (non-hydrogen) atoms. The van der Waals surface area contributed by atoms with Gasteiger partial charge in [0.2, 0.25) is 0 Å². The van der Waals surface area contributed by atoms with Gasteiger partial charge in [-0.3, -0.25) is 4.72 Å². The number of benzene rings is 1. The van der Waals surface area contributed by atoms with Crippen LogP contribution in [0.2, 0.25) is 0 Å². The summed E-state index contributed by atoms with van der Waals surface area (Å²) in [5.41, 5.74) is 1.33. The zero-order valence-corrected chi connectivity index (χ0v) is 13.8. The van der Waals surface area contributed by atoms with Crippen LogP contribution in [0.25, 0.3) is 0 Å². The van der Waals surface area contributed by atoms with Crippen molar-refractivity contribution in [2.75, 3.05) is 11.8 Å². The summed E-state index contributed by atoms with van der Waals surface area (Å²) in [6.07, 6.45) is 0.785. The summed E-state index contributed by atoms with van der Waals surface area (Å²) in [5.74, 6) is 0. The number of methoxy groups -OCH3 is 1. The molecule has 0 spiro atoms. The highest BCUT2D eigenvalue weighted by molar-refractivity contribution is 7.93. The first-order valence-corrected chi connectivity index (χ1v) is 8.84. The van der Waals surface area contributed by atoms with E-state index < -0.39 is 10.0 Å². The summed E-state index contributed by atoms with van der Waals surface area (Å²) in [5, 5.41) is 1.48. The number of aryl methyl sites for hydroxylation is 2. The van der Waals surface area contributed by atoms with E-state index in [9.17, 15) is 8.42 Å². The third kappa shape index (κ3) is 3.61. The van der Waals surface area contributed by atoms with Gasteiger partial charge in [0.15, 0.2) is 0 Å². The van der Waals surface area contributed by atoms with Crippen LogP contribution in [0.3, 0.4) is 0 Å². The zero-order valence-electron chi connectivity index (χ0n) is 12.2. The minimum atomic E-state index is -3.64. The molecule has 2 aromatic rings. The second-order valence-electron chi connectivity index (χ2n) is 4.52. The Bertz CT molecular complexity index is 724. The van der Waals surface area contributed by atoms with E-state index in [0.29, 0.717) is 16.3 Å². The van der Waals surface area contributed by atoms with Crippen LogP contribution in [-0.4, -0.2) is 20.5 Å². The molecule has 114 valence electrons. The molecule has 0 amide bonds. The molecule has 0 atom stereocenters. The molecule has 2 rings (SSSR count). The van der Waals surface area contributed by atoms with E-state index in [0.717, 1.165) is 11.4 Å². The molecular formula is C14H18N2O3S2. The maximum Gasteiger partial charge on any atom is 0.262 e. The van der Waals surface area contributed by atoms with Gasteiger partial charge in [-0.05, 0) is 25.0 Å². The van der Waals surface area contributed by atoms with E-state index in [1.54, 1.807) is 31.2 Å². The summed E-state index contributed by atoms with van der Waals surface area (Å²) >= 11 is 1.37. The SMILES string of the molecule is CCc1nc(C)c(NS(=O)(=O)c2ccccc2COC)s1. The van der Waals surface area contributed by atoms with Gasteiger partial charge in [0.1, 0.15) is 5.00 Å². The number of nitrogens with zero attached hydrogens (tertiary/aromatic N) is 1. The van der Waals surface area contributed by atoms with Crippen molar-refractivity contribution in [2.45, 2.75) is 31.8 Å². The Hall–Kier alpha value is -1.44. The third-order valence-electron chi connectivity index (χ3n) is 2.93. The fraction of sp³-hybridized carbons (Fsp3) is 0.357. The molecule has 0 aliphatic heterocycles. The van der Waals surface area contributed by atoms with Crippen molar-refractivity contribution < 1.29 is 13.2 Å². The minimum Gasteiger partial charge on any atom is -0.380 e. The number of thiazole rings is 1. The fourth-order valence-corrected chi connectivity index (χ4v) is 4.40. The summed E-state index contributed by atoms with van der Waals surface area (Å²) in [4.78, 5) is 4.57. The number of aromatic nitrogens is 1. The Kier molecular flexibility index (Phi) is 4.97. The highest BCUT2D eigenvalue weighted by Gasteiger charge is 2.20. The van der Waals surface area contributed by atoms with Crippen molar-refractivity contribution in [1.29, 1.82) is 0 Å². The van der Waals surface area contributed by atoms with Gasteiger partial charge in [-0.15, -0.1) is 11.3 Å². The lowest BCUT2D eigenvalue weighted by Gasteiger charge is -2.11. The molecule has 0 radical (unpaired) electrons. The maximum absolute atomic E-state index is 12.6. The van der Waals surface area contributed by atoms with E-state index >= 15 is 0 Å². The summed E-state index contributed by atoms with van der Waals surface area (Å²) in [6, 6.07) is 6.81. The predicted octanol–water partition coefficient (Wildman–Crippen LogP) is 2.96. The molecule has 0 saturated carbocycles. The fourth-order valence-electron chi connectivity index (χ4n) is 1.92. The monoisotopic (exact) mass is 326 g/mol. The number of hydrogen-bond acceptors (Lipinski definition) is 5. The van der Waals surface area contributed by atoms with Crippen LogP contribution >= 0.6 is 11.3 Å². The molecule has 1 aromatic heterocycles. The molecule has 0 unspecified atom stereocenters. The van der Waals surface area contributed by atoms with E-state index in [1.807, 2.05) is 6.92 Å². The largest absolute Gasteiger partial charge is 0.380 e. The van der Waals surface area contributed by atoms with E-state index in [4.69, 9.17) is 4.74 Å². The predicted molar refractivity (Wildman–Crippen MR) is 84.2 cm³/mol. The minimum absolute atomic E-state index is 0.234. The Balaban J connectivity index is 2.36. The summed E-state index contributed by atoms with van der Waals surface area (Å²) in [7, 11) is -2.10. The van der Waals surface area contributed by atoms with Crippen LogP contribution in [0.5, 0.6) is 0 Å². The molecule has 0 fully saturated rings. The van der Waals surface area contributed by atoms with Gasteiger partial charge in [-0.1, -0.05) is 25.1 Å². The van der Waals surface area contributed by atoms with Gasteiger partial charge in [0.25, 0.3) is 10.0 Å². The molecular weight excluding hydrogens is 308 g/mol. The molecule has 0 bridgehead atoms. The van der Waals surface area contributed by atoms with E-state index in [2.05, 4.69) is 9.71 Å². The van der Waals surface area contributed by atoms with Crippen molar-refractivity contribution in [2.24, 2.45) is 0 Å². The average Bonchev–Trinajstić information content (AvgIpc) is 2.79. The highest BCUT2D eigenvalue weighted by Crippen LogP contribution is 2.28. The lowest BCUT2D eigenvalue weighted by atomic mass is 10.2. The van der Waals surface area contributed by atoms with Crippen molar-refractivity contribution >= 4 is 26.4 Å². The van der Waals surface area contributed by atoms with Crippen LogP contribution in [0.15, 0.2) is 29.2 Å². The van der Waals surface area contributed by atoms with Gasteiger partial charge in [-0.2, -0.15) is 0 Å². The van der Waals surface area contributed by atoms with Gasteiger partial charge in [0, 0.05) is 7.11 Å². The molecule has 0 aliphatic rings. The van der Waals surface area contributed by atoms with Crippen LogP contribution < -0.4 is 4.72 Å². The number of hydrogen-bond donors (Lipinski definition) is 1. The van der Waals surface area contributed by atoms with E-state index in [1.165, 1.54) is 18.4 Å². The number of anilines is 1.